The quantitative estimate of drug-likeness (QED) is 0.693. The van der Waals surface area contributed by atoms with E-state index in [0.717, 1.165) is 11.4 Å². The van der Waals surface area contributed by atoms with Gasteiger partial charge in [-0.2, -0.15) is 4.98 Å². The van der Waals surface area contributed by atoms with Gasteiger partial charge in [0.15, 0.2) is 5.69 Å². The lowest BCUT2D eigenvalue weighted by atomic mass is 10.2. The molecule has 1 N–H and O–H groups in total. The van der Waals surface area contributed by atoms with Crippen molar-refractivity contribution in [3.8, 4) is 5.75 Å². The Hall–Kier alpha value is -3.33. The predicted octanol–water partition coefficient (Wildman–Crippen LogP) is 2.96. The van der Waals surface area contributed by atoms with E-state index in [-0.39, 0.29) is 23.5 Å². The van der Waals surface area contributed by atoms with Crippen molar-refractivity contribution in [2.75, 3.05) is 43.5 Å². The number of amides is 2. The highest BCUT2D eigenvalue weighted by Gasteiger charge is 2.26. The summed E-state index contributed by atoms with van der Waals surface area (Å²) in [6.07, 6.45) is 1.28. The van der Waals surface area contributed by atoms with Gasteiger partial charge >= 0.3 is 6.01 Å². The third-order valence-electron chi connectivity index (χ3n) is 4.68. The normalized spacial score (nSPS) is 14.0. The van der Waals surface area contributed by atoms with Crippen molar-refractivity contribution in [3.63, 3.8) is 0 Å². The Morgan fingerprint density at radius 3 is 2.66 bits per heavy atom. The van der Waals surface area contributed by atoms with E-state index in [9.17, 15) is 9.59 Å². The van der Waals surface area contributed by atoms with Crippen LogP contribution in [0.2, 0.25) is 0 Å². The lowest BCUT2D eigenvalue weighted by Gasteiger charge is -2.36. The maximum absolute atomic E-state index is 12.7. The first-order chi connectivity index (χ1) is 14.2. The number of nitrogens with zero attached hydrogens (tertiary/aromatic N) is 3. The van der Waals surface area contributed by atoms with Crippen molar-refractivity contribution in [2.24, 2.45) is 0 Å². The summed E-state index contributed by atoms with van der Waals surface area (Å²) in [5.41, 5.74) is 1.19. The molecule has 0 atom stereocenters. The van der Waals surface area contributed by atoms with Gasteiger partial charge in [0.2, 0.25) is 0 Å². The molecule has 2 aromatic heterocycles. The second kappa shape index (κ2) is 8.36. The highest BCUT2D eigenvalue weighted by atomic mass is 32.1. The molecule has 4 rings (SSSR count). The lowest BCUT2D eigenvalue weighted by Crippen LogP contribution is -2.49. The number of hydrogen-bond donors (Lipinski definition) is 1. The van der Waals surface area contributed by atoms with Crippen LogP contribution in [0.5, 0.6) is 5.75 Å². The van der Waals surface area contributed by atoms with Gasteiger partial charge in [-0.3, -0.25) is 14.9 Å². The van der Waals surface area contributed by atoms with E-state index in [1.54, 1.807) is 24.1 Å². The van der Waals surface area contributed by atoms with Crippen molar-refractivity contribution >= 4 is 34.9 Å². The van der Waals surface area contributed by atoms with Crippen LogP contribution in [0, 0.1) is 0 Å². The van der Waals surface area contributed by atoms with Crippen LogP contribution >= 0.6 is 11.3 Å². The van der Waals surface area contributed by atoms with Gasteiger partial charge in [0.05, 0.1) is 17.7 Å². The van der Waals surface area contributed by atoms with Crippen LogP contribution in [0.4, 0.5) is 11.7 Å². The molecule has 3 aromatic rings. The molecular weight excluding hydrogens is 392 g/mol. The Morgan fingerprint density at radius 1 is 1.14 bits per heavy atom. The van der Waals surface area contributed by atoms with E-state index in [4.69, 9.17) is 9.15 Å². The number of anilines is 2. The van der Waals surface area contributed by atoms with Crippen molar-refractivity contribution in [1.29, 1.82) is 0 Å². The van der Waals surface area contributed by atoms with Gasteiger partial charge in [0.25, 0.3) is 11.8 Å². The highest BCUT2D eigenvalue weighted by Crippen LogP contribution is 2.28. The SMILES string of the molecule is COc1ccccc1N1CCN(C(=O)c2coc(NC(=O)c3cccs3)n2)CC1. The van der Waals surface area contributed by atoms with Crippen molar-refractivity contribution in [1.82, 2.24) is 9.88 Å². The van der Waals surface area contributed by atoms with Crippen molar-refractivity contribution in [3.05, 3.63) is 58.6 Å². The molecule has 0 radical (unpaired) electrons. The van der Waals surface area contributed by atoms with E-state index in [0.29, 0.717) is 31.1 Å². The summed E-state index contributed by atoms with van der Waals surface area (Å²) in [5.74, 6) is 0.284. The number of hydrogen-bond acceptors (Lipinski definition) is 7. The first-order valence-corrected chi connectivity index (χ1v) is 10.0. The molecule has 0 saturated carbocycles. The number of methoxy groups -OCH3 is 1. The molecule has 2 amide bonds. The van der Waals surface area contributed by atoms with E-state index >= 15 is 0 Å². The van der Waals surface area contributed by atoms with E-state index < -0.39 is 0 Å². The first-order valence-electron chi connectivity index (χ1n) is 9.13. The Kier molecular flexibility index (Phi) is 5.48. The van der Waals surface area contributed by atoms with E-state index in [2.05, 4.69) is 15.2 Å². The number of piperazine rings is 1. The third-order valence-corrected chi connectivity index (χ3v) is 5.55. The van der Waals surface area contributed by atoms with Gasteiger partial charge in [0.1, 0.15) is 12.0 Å². The number of benzene rings is 1. The minimum atomic E-state index is -0.314. The lowest BCUT2D eigenvalue weighted by molar-refractivity contribution is 0.0740. The van der Waals surface area contributed by atoms with Gasteiger partial charge in [-0.25, -0.2) is 0 Å². The Balaban J connectivity index is 1.36. The van der Waals surface area contributed by atoms with Gasteiger partial charge in [-0.15, -0.1) is 11.3 Å². The zero-order valence-corrected chi connectivity index (χ0v) is 16.6. The molecule has 0 bridgehead atoms. The molecule has 0 unspecified atom stereocenters. The summed E-state index contributed by atoms with van der Waals surface area (Å²) in [6, 6.07) is 11.3. The Labute approximate surface area is 171 Å². The smallest absolute Gasteiger partial charge is 0.302 e. The topological polar surface area (TPSA) is 87.9 Å². The fourth-order valence-corrected chi connectivity index (χ4v) is 3.82. The number of thiophene rings is 1. The molecule has 150 valence electrons. The molecule has 8 nitrogen and oxygen atoms in total. The Morgan fingerprint density at radius 2 is 1.93 bits per heavy atom. The summed E-state index contributed by atoms with van der Waals surface area (Å²) in [4.78, 5) is 33.4. The third kappa shape index (κ3) is 4.09. The average Bonchev–Trinajstić information content (AvgIpc) is 3.46. The number of rotatable bonds is 5. The van der Waals surface area contributed by atoms with Gasteiger partial charge in [0, 0.05) is 26.2 Å². The second-order valence-corrected chi connectivity index (χ2v) is 7.37. The molecule has 0 aliphatic carbocycles. The van der Waals surface area contributed by atoms with E-state index in [1.165, 1.54) is 17.6 Å². The number of carbonyl (C=O) groups is 2. The number of oxazole rings is 1. The standard InChI is InChI=1S/C20H20N4O4S/c1-27-16-6-3-2-5-15(16)23-8-10-24(11-9-23)19(26)14-13-28-20(21-14)22-18(25)17-7-4-12-29-17/h2-7,12-13H,8-11H2,1H3,(H,21,22,25). The zero-order valence-electron chi connectivity index (χ0n) is 15.8. The fraction of sp³-hybridized carbons (Fsp3) is 0.250. The first kappa shape index (κ1) is 19.0. The second-order valence-electron chi connectivity index (χ2n) is 6.42. The summed E-state index contributed by atoms with van der Waals surface area (Å²) >= 11 is 1.32. The van der Waals surface area contributed by atoms with Crippen LogP contribution in [-0.2, 0) is 0 Å². The minimum Gasteiger partial charge on any atom is -0.495 e. The van der Waals surface area contributed by atoms with Gasteiger partial charge < -0.3 is 19.0 Å². The maximum Gasteiger partial charge on any atom is 0.302 e. The zero-order chi connectivity index (χ0) is 20.2. The molecule has 1 fully saturated rings. The summed E-state index contributed by atoms with van der Waals surface area (Å²) in [5, 5.41) is 4.37. The monoisotopic (exact) mass is 412 g/mol. The maximum atomic E-state index is 12.7. The molecule has 9 heteroatoms. The van der Waals surface area contributed by atoms with Crippen molar-refractivity contribution < 1.29 is 18.7 Å². The fourth-order valence-electron chi connectivity index (χ4n) is 3.20. The van der Waals surface area contributed by atoms with Crippen LogP contribution in [0.25, 0.3) is 0 Å². The van der Waals surface area contributed by atoms with Gasteiger partial charge in [-0.1, -0.05) is 18.2 Å². The summed E-state index contributed by atoms with van der Waals surface area (Å²) in [6.45, 7) is 2.49. The largest absolute Gasteiger partial charge is 0.495 e. The molecule has 1 aliphatic rings. The number of ether oxygens (including phenoxy) is 1. The Bertz CT molecular complexity index is 994. The van der Waals surface area contributed by atoms with Gasteiger partial charge in [-0.05, 0) is 23.6 Å². The molecule has 29 heavy (non-hydrogen) atoms. The van der Waals surface area contributed by atoms with Crippen LogP contribution < -0.4 is 15.0 Å². The minimum absolute atomic E-state index is 0.0133. The molecule has 1 aromatic carbocycles. The number of carbonyl (C=O) groups excluding carboxylic acids is 2. The number of para-hydroxylation sites is 2. The summed E-state index contributed by atoms with van der Waals surface area (Å²) in [7, 11) is 1.65. The predicted molar refractivity (Wildman–Crippen MR) is 110 cm³/mol. The molecule has 1 aliphatic heterocycles. The molecule has 3 heterocycles. The van der Waals surface area contributed by atoms with Crippen LogP contribution in [0.3, 0.4) is 0 Å². The average molecular weight is 412 g/mol. The van der Waals surface area contributed by atoms with E-state index in [1.807, 2.05) is 29.6 Å². The van der Waals surface area contributed by atoms with Crippen LogP contribution in [0.1, 0.15) is 20.2 Å². The molecule has 1 saturated heterocycles. The van der Waals surface area contributed by atoms with Crippen LogP contribution in [0.15, 0.2) is 52.5 Å². The number of aromatic nitrogens is 1. The highest BCUT2D eigenvalue weighted by molar-refractivity contribution is 7.12. The van der Waals surface area contributed by atoms with Crippen LogP contribution in [-0.4, -0.2) is 55.0 Å². The molecule has 0 spiro atoms. The molecular formula is C20H20N4O4S. The summed E-state index contributed by atoms with van der Waals surface area (Å²) < 4.78 is 10.7. The van der Waals surface area contributed by atoms with Crippen molar-refractivity contribution in [2.45, 2.75) is 0 Å². The number of nitrogens with one attached hydrogen (secondary N) is 1.